The van der Waals surface area contributed by atoms with Crippen LogP contribution in [0, 0.1) is 0 Å². The topological polar surface area (TPSA) is 46.2 Å². The second-order valence-electron chi connectivity index (χ2n) is 0.481. The molecule has 0 atom stereocenters. The predicted octanol–water partition coefficient (Wildman–Crippen LogP) is -0.846. The largest absolute Gasteiger partial charge is 0.221 e. The van der Waals surface area contributed by atoms with Gasteiger partial charge in [-0.1, -0.05) is 0 Å². The van der Waals surface area contributed by atoms with E-state index in [0.29, 0.717) is 0 Å². The molecule has 0 fully saturated rings. The Labute approximate surface area is 44.2 Å². The molecule has 0 aromatic heterocycles. The van der Waals surface area contributed by atoms with Gasteiger partial charge in [0.15, 0.2) is 0 Å². The highest BCUT2D eigenvalue weighted by molar-refractivity contribution is 7.70. The summed E-state index contributed by atoms with van der Waals surface area (Å²) in [7, 11) is -0.995. The summed E-state index contributed by atoms with van der Waals surface area (Å²) in [5, 5.41) is 0. The first-order chi connectivity index (χ1) is 2.27. The number of thiol groups is 1. The highest BCUT2D eigenvalue weighted by atomic mass is 35.5. The van der Waals surface area contributed by atoms with Gasteiger partial charge in [-0.05, 0) is 7.05 Å². The fourth-order valence-corrected chi connectivity index (χ4v) is 0. The Balaban J connectivity index is 0. The van der Waals surface area contributed by atoms with E-state index < -0.39 is 10.9 Å². The van der Waals surface area contributed by atoms with E-state index in [1.807, 2.05) is 4.72 Å². The van der Waals surface area contributed by atoms with Crippen molar-refractivity contribution < 1.29 is 8.42 Å². The number of halogens is 1. The van der Waals surface area contributed by atoms with Crippen LogP contribution in [0.2, 0.25) is 0 Å². The predicted molar refractivity (Wildman–Crippen MR) is 26.6 cm³/mol. The minimum absolute atomic E-state index is 0. The molecule has 0 aliphatic heterocycles. The van der Waals surface area contributed by atoms with Crippen molar-refractivity contribution in [3.05, 3.63) is 0 Å². The van der Waals surface area contributed by atoms with Crippen molar-refractivity contribution in [1.29, 1.82) is 0 Å². The van der Waals surface area contributed by atoms with Gasteiger partial charge in [0.2, 0.25) is 10.9 Å². The summed E-state index contributed by atoms with van der Waals surface area (Å²) in [4.78, 5) is 0. The fourth-order valence-electron chi connectivity index (χ4n) is 0. The second-order valence-corrected chi connectivity index (χ2v) is 1.44. The molecule has 0 saturated heterocycles. The molecule has 40 valence electrons. The average molecular weight is 132 g/mol. The lowest BCUT2D eigenvalue weighted by atomic mass is 11.6. The van der Waals surface area contributed by atoms with E-state index in [1.165, 1.54) is 7.05 Å². The maximum Gasteiger partial charge on any atom is 0.201 e. The van der Waals surface area contributed by atoms with E-state index in [1.54, 1.807) is 0 Å². The maximum atomic E-state index is 9.29. The molecule has 3 nitrogen and oxygen atoms in total. The van der Waals surface area contributed by atoms with Gasteiger partial charge in [-0.3, -0.25) is 0 Å². The molecular weight excluding hydrogens is 126 g/mol. The summed E-state index contributed by atoms with van der Waals surface area (Å²) < 4.78 is 20.6. The Bertz CT molecular complexity index is 71.6. The van der Waals surface area contributed by atoms with Crippen molar-refractivity contribution in [2.45, 2.75) is 0 Å². The van der Waals surface area contributed by atoms with Crippen LogP contribution >= 0.6 is 12.4 Å². The van der Waals surface area contributed by atoms with E-state index in [0.717, 1.165) is 0 Å². The number of rotatable bonds is 1. The first-order valence-corrected chi connectivity index (χ1v) is 2.27. The van der Waals surface area contributed by atoms with Crippen LogP contribution in [0.25, 0.3) is 0 Å². The highest BCUT2D eigenvalue weighted by Gasteiger charge is 1.60. The molecule has 0 aromatic carbocycles. The van der Waals surface area contributed by atoms with Crippen LogP contribution < -0.4 is 4.72 Å². The Morgan fingerprint density at radius 1 is 1.50 bits per heavy atom. The summed E-state index contributed by atoms with van der Waals surface area (Å²) in [5.41, 5.74) is 0. The lowest BCUT2D eigenvalue weighted by Gasteiger charge is -1.67. The average Bonchev–Trinajstić information content (AvgIpc) is 1.38. The van der Waals surface area contributed by atoms with Crippen LogP contribution in [0.3, 0.4) is 0 Å². The van der Waals surface area contributed by atoms with Gasteiger partial charge in [-0.2, -0.15) is 0 Å². The van der Waals surface area contributed by atoms with Crippen LogP contribution in [0.1, 0.15) is 0 Å². The molecule has 0 unspecified atom stereocenters. The molecular formula is CH6ClNO2S. The molecule has 0 radical (unpaired) electrons. The van der Waals surface area contributed by atoms with Crippen molar-refractivity contribution in [1.82, 2.24) is 4.72 Å². The van der Waals surface area contributed by atoms with Gasteiger partial charge in [0, 0.05) is 0 Å². The van der Waals surface area contributed by atoms with Gasteiger partial charge in [0.25, 0.3) is 0 Å². The molecule has 0 amide bonds. The van der Waals surface area contributed by atoms with Gasteiger partial charge >= 0.3 is 0 Å². The van der Waals surface area contributed by atoms with Crippen LogP contribution in [-0.4, -0.2) is 15.5 Å². The molecule has 0 spiro atoms. The molecule has 0 rings (SSSR count). The Morgan fingerprint density at radius 2 is 1.67 bits per heavy atom. The summed E-state index contributed by atoms with van der Waals surface area (Å²) in [5.74, 6) is 0. The monoisotopic (exact) mass is 131 g/mol. The standard InChI is InChI=1S/CH5NO2S.ClH/c1-2-5(3)4;/h5H,1H3,(H,2,3,4);1H. The van der Waals surface area contributed by atoms with E-state index in [-0.39, 0.29) is 12.4 Å². The van der Waals surface area contributed by atoms with Gasteiger partial charge in [0.05, 0.1) is 0 Å². The van der Waals surface area contributed by atoms with Crippen molar-refractivity contribution in [3.8, 4) is 0 Å². The van der Waals surface area contributed by atoms with E-state index in [2.05, 4.69) is 0 Å². The maximum absolute atomic E-state index is 9.29. The molecule has 0 aliphatic carbocycles. The summed E-state index contributed by atoms with van der Waals surface area (Å²) in [6.07, 6.45) is 0. The van der Waals surface area contributed by atoms with Gasteiger partial charge in [0.1, 0.15) is 0 Å². The summed E-state index contributed by atoms with van der Waals surface area (Å²) >= 11 is 0. The van der Waals surface area contributed by atoms with Crippen LogP contribution in [-0.2, 0) is 10.9 Å². The zero-order valence-corrected chi connectivity index (χ0v) is 4.88. The number of hydrogen-bond acceptors (Lipinski definition) is 2. The molecule has 5 heteroatoms. The molecule has 0 saturated carbocycles. The third kappa shape index (κ3) is 8.89. The van der Waals surface area contributed by atoms with Gasteiger partial charge in [-0.15, -0.1) is 12.4 Å². The SMILES string of the molecule is CN[SH](=O)=O.Cl. The van der Waals surface area contributed by atoms with E-state index in [4.69, 9.17) is 0 Å². The summed E-state index contributed by atoms with van der Waals surface area (Å²) in [6.45, 7) is 0. The Hall–Kier alpha value is 0.200. The van der Waals surface area contributed by atoms with Crippen LogP contribution in [0.5, 0.6) is 0 Å². The van der Waals surface area contributed by atoms with Crippen LogP contribution in [0.15, 0.2) is 0 Å². The first-order valence-electron chi connectivity index (χ1n) is 1.09. The van der Waals surface area contributed by atoms with Gasteiger partial charge < -0.3 is 0 Å². The first kappa shape index (κ1) is 9.50. The highest BCUT2D eigenvalue weighted by Crippen LogP contribution is 1.33. The Morgan fingerprint density at radius 3 is 1.67 bits per heavy atom. The van der Waals surface area contributed by atoms with E-state index >= 15 is 0 Å². The molecule has 1 N–H and O–H groups in total. The smallest absolute Gasteiger partial charge is 0.201 e. The zero-order valence-electron chi connectivity index (χ0n) is 3.17. The van der Waals surface area contributed by atoms with Gasteiger partial charge in [-0.25, -0.2) is 13.1 Å². The zero-order chi connectivity index (χ0) is 4.28. The van der Waals surface area contributed by atoms with Crippen LogP contribution in [0.4, 0.5) is 0 Å². The van der Waals surface area contributed by atoms with Crippen molar-refractivity contribution in [2.24, 2.45) is 0 Å². The quantitative estimate of drug-likeness (QED) is 0.456. The second kappa shape index (κ2) is 5.20. The summed E-state index contributed by atoms with van der Waals surface area (Å²) in [6, 6.07) is 0. The van der Waals surface area contributed by atoms with Crippen molar-refractivity contribution in [3.63, 3.8) is 0 Å². The lowest BCUT2D eigenvalue weighted by Crippen LogP contribution is -1.99. The number of hydrogen-bond donors (Lipinski definition) is 2. The molecule has 6 heavy (non-hydrogen) atoms. The molecule has 0 aromatic rings. The minimum atomic E-state index is -2.35. The third-order valence-corrected chi connectivity index (χ3v) is 0.548. The molecule has 0 heterocycles. The van der Waals surface area contributed by atoms with Crippen molar-refractivity contribution >= 4 is 23.3 Å². The van der Waals surface area contributed by atoms with Crippen molar-refractivity contribution in [2.75, 3.05) is 7.05 Å². The Kier molecular flexibility index (Phi) is 8.24. The normalized spacial score (nSPS) is 7.67. The lowest BCUT2D eigenvalue weighted by molar-refractivity contribution is 0.608. The molecule has 0 aliphatic rings. The number of nitrogens with one attached hydrogen (secondary N) is 1. The fraction of sp³-hybridized carbons (Fsp3) is 1.00. The van der Waals surface area contributed by atoms with E-state index in [9.17, 15) is 8.42 Å². The third-order valence-electron chi connectivity index (χ3n) is 0.183. The minimum Gasteiger partial charge on any atom is -0.221 e. The molecule has 0 bridgehead atoms.